The second-order valence-electron chi connectivity index (χ2n) is 10.2. The molecule has 1 aliphatic carbocycles. The Labute approximate surface area is 226 Å². The van der Waals surface area contributed by atoms with Crippen LogP contribution in [0.5, 0.6) is 11.5 Å². The molecule has 1 saturated carbocycles. The predicted molar refractivity (Wildman–Crippen MR) is 154 cm³/mol. The lowest BCUT2D eigenvalue weighted by Gasteiger charge is -2.46. The van der Waals surface area contributed by atoms with Gasteiger partial charge in [0.15, 0.2) is 11.5 Å². The molecule has 1 saturated heterocycles. The molecule has 1 atom stereocenters. The Morgan fingerprint density at radius 2 is 1.64 bits per heavy atom. The van der Waals surface area contributed by atoms with Gasteiger partial charge in [-0.05, 0) is 78.2 Å². The monoisotopic (exact) mass is 530 g/mol. The van der Waals surface area contributed by atoms with Crippen molar-refractivity contribution in [1.29, 1.82) is 0 Å². The van der Waals surface area contributed by atoms with Crippen molar-refractivity contribution in [3.8, 4) is 11.5 Å². The van der Waals surface area contributed by atoms with E-state index >= 15 is 4.39 Å². The smallest absolute Gasteiger partial charge is 0.208 e. The Morgan fingerprint density at radius 1 is 0.972 bits per heavy atom. The largest absolute Gasteiger partial charge is 0.490 e. The van der Waals surface area contributed by atoms with E-state index in [1.54, 1.807) is 6.07 Å². The van der Waals surface area contributed by atoms with Crippen LogP contribution in [0.25, 0.3) is 0 Å². The van der Waals surface area contributed by atoms with Gasteiger partial charge in [0.2, 0.25) is 10.1 Å². The highest BCUT2D eigenvalue weighted by atomic mass is 32.2. The second-order valence-corrected chi connectivity index (χ2v) is 13.1. The number of unbranched alkanes of at least 4 members (excludes halogenated alkanes) is 1. The quantitative estimate of drug-likeness (QED) is 0.346. The van der Waals surface area contributed by atoms with Crippen molar-refractivity contribution in [3.05, 3.63) is 58.9 Å². The number of benzene rings is 2. The van der Waals surface area contributed by atoms with Crippen LogP contribution in [0.3, 0.4) is 0 Å². The van der Waals surface area contributed by atoms with Gasteiger partial charge in [0.05, 0.1) is 6.61 Å². The highest BCUT2D eigenvalue weighted by Crippen LogP contribution is 2.57. The Hall–Kier alpha value is -1.33. The van der Waals surface area contributed by atoms with E-state index in [9.17, 15) is 0 Å². The van der Waals surface area contributed by atoms with E-state index in [1.807, 2.05) is 43.4 Å². The van der Waals surface area contributed by atoms with E-state index in [0.717, 1.165) is 42.2 Å². The molecule has 5 rings (SSSR count). The first-order chi connectivity index (χ1) is 17.6. The molecule has 0 N–H and O–H groups in total. The minimum Gasteiger partial charge on any atom is -0.490 e. The van der Waals surface area contributed by atoms with Gasteiger partial charge in [-0.2, -0.15) is 4.39 Å². The van der Waals surface area contributed by atoms with Gasteiger partial charge >= 0.3 is 0 Å². The van der Waals surface area contributed by atoms with E-state index in [2.05, 4.69) is 38.1 Å². The molecule has 0 bridgehead atoms. The maximum Gasteiger partial charge on any atom is 0.208 e. The summed E-state index contributed by atoms with van der Waals surface area (Å²) < 4.78 is 27.4. The van der Waals surface area contributed by atoms with Crippen LogP contribution in [0.2, 0.25) is 0 Å². The average Bonchev–Trinajstić information content (AvgIpc) is 2.92. The first-order valence-corrected chi connectivity index (χ1v) is 16.1. The van der Waals surface area contributed by atoms with Crippen LogP contribution in [0.15, 0.2) is 36.4 Å². The van der Waals surface area contributed by atoms with Crippen LogP contribution in [0.1, 0.15) is 101 Å². The first-order valence-electron chi connectivity index (χ1n) is 14.1. The van der Waals surface area contributed by atoms with E-state index in [-0.39, 0.29) is 11.7 Å². The molecule has 198 valence electrons. The zero-order valence-electron chi connectivity index (χ0n) is 22.5. The number of fused-ring (bicyclic) bond motifs is 1. The summed E-state index contributed by atoms with van der Waals surface area (Å²) in [6.45, 7) is 9.03. The van der Waals surface area contributed by atoms with Crippen LogP contribution in [0.4, 0.5) is 4.39 Å². The van der Waals surface area contributed by atoms with Crippen molar-refractivity contribution < 1.29 is 13.9 Å². The molecule has 2 aromatic rings. The molecule has 2 aliphatic heterocycles. The van der Waals surface area contributed by atoms with Crippen molar-refractivity contribution >= 4 is 23.5 Å². The third-order valence-corrected chi connectivity index (χ3v) is 10.9. The lowest BCUT2D eigenvalue weighted by Crippen LogP contribution is -2.43. The van der Waals surface area contributed by atoms with Gasteiger partial charge in [-0.3, -0.25) is 0 Å². The lowest BCUT2D eigenvalue weighted by molar-refractivity contribution is 0.184. The van der Waals surface area contributed by atoms with Crippen molar-refractivity contribution in [3.63, 3.8) is 0 Å². The fraction of sp³-hybridized carbons (Fsp3) is 0.613. The third-order valence-electron chi connectivity index (χ3n) is 7.72. The summed E-state index contributed by atoms with van der Waals surface area (Å²) in [5.74, 6) is 4.24. The standard InChI is InChI=1S/C29H37FO2S2.C2H6/c1-3-4-16-31-26-15-14-24-19-25(29(32-28(24)27(26)30)33-17-5-18-34-29)23-12-10-22(11-13-23)21-8-6-20(2)7-9-21;1-2/h10-15,20-21,25H,3-9,16-19H2,1-2H3;1-2H3. The topological polar surface area (TPSA) is 18.5 Å². The number of rotatable bonds is 6. The van der Waals surface area contributed by atoms with Crippen LogP contribution in [-0.4, -0.2) is 22.4 Å². The second kappa shape index (κ2) is 13.0. The summed E-state index contributed by atoms with van der Waals surface area (Å²) in [5.41, 5.74) is 3.74. The number of halogens is 1. The highest BCUT2D eigenvalue weighted by Gasteiger charge is 2.49. The average molecular weight is 531 g/mol. The molecule has 2 aromatic carbocycles. The van der Waals surface area contributed by atoms with Gasteiger partial charge in [0.1, 0.15) is 0 Å². The Morgan fingerprint density at radius 3 is 2.31 bits per heavy atom. The van der Waals surface area contributed by atoms with Crippen LogP contribution >= 0.6 is 23.5 Å². The van der Waals surface area contributed by atoms with Crippen LogP contribution in [-0.2, 0) is 6.42 Å². The Balaban J connectivity index is 0.00000148. The summed E-state index contributed by atoms with van der Waals surface area (Å²) in [5, 5.41) is 0. The molecule has 1 unspecified atom stereocenters. The molecule has 0 amide bonds. The van der Waals surface area contributed by atoms with Gasteiger partial charge in [-0.1, -0.05) is 77.3 Å². The highest BCUT2D eigenvalue weighted by molar-refractivity contribution is 8.18. The van der Waals surface area contributed by atoms with Gasteiger partial charge in [-0.15, -0.1) is 23.5 Å². The summed E-state index contributed by atoms with van der Waals surface area (Å²) >= 11 is 3.71. The minimum atomic E-state index is -0.476. The maximum atomic E-state index is 15.5. The number of ether oxygens (including phenoxy) is 2. The summed E-state index contributed by atoms with van der Waals surface area (Å²) in [6, 6.07) is 13.1. The third kappa shape index (κ3) is 6.04. The van der Waals surface area contributed by atoms with Crippen molar-refractivity contribution in [2.45, 2.75) is 95.2 Å². The molecule has 36 heavy (non-hydrogen) atoms. The molecule has 0 radical (unpaired) electrons. The first kappa shape index (κ1) is 27.7. The molecule has 2 nitrogen and oxygen atoms in total. The van der Waals surface area contributed by atoms with Gasteiger partial charge < -0.3 is 9.47 Å². The fourth-order valence-corrected chi connectivity index (χ4v) is 8.84. The minimum absolute atomic E-state index is 0.196. The van der Waals surface area contributed by atoms with E-state index in [1.165, 1.54) is 43.2 Å². The zero-order chi connectivity index (χ0) is 25.5. The molecular formula is C31H43FO2S2. The van der Waals surface area contributed by atoms with E-state index in [0.29, 0.717) is 24.0 Å². The summed E-state index contributed by atoms with van der Waals surface area (Å²) in [6.07, 6.45) is 9.20. The summed E-state index contributed by atoms with van der Waals surface area (Å²) in [4.78, 5) is 0. The Bertz CT molecular complexity index is 963. The number of thioether (sulfide) groups is 2. The van der Waals surface area contributed by atoms with Crippen molar-refractivity contribution in [2.24, 2.45) is 5.92 Å². The number of hydrogen-bond donors (Lipinski definition) is 0. The fourth-order valence-electron chi connectivity index (χ4n) is 5.55. The van der Waals surface area contributed by atoms with Crippen molar-refractivity contribution in [1.82, 2.24) is 0 Å². The lowest BCUT2D eigenvalue weighted by atomic mass is 9.79. The molecule has 2 heterocycles. The van der Waals surface area contributed by atoms with E-state index in [4.69, 9.17) is 9.47 Å². The summed E-state index contributed by atoms with van der Waals surface area (Å²) in [7, 11) is 0. The molecular weight excluding hydrogens is 487 g/mol. The van der Waals surface area contributed by atoms with Gasteiger partial charge in [0.25, 0.3) is 0 Å². The van der Waals surface area contributed by atoms with Gasteiger partial charge in [-0.25, -0.2) is 0 Å². The Kier molecular flexibility index (Phi) is 9.97. The van der Waals surface area contributed by atoms with Crippen LogP contribution in [0, 0.1) is 11.7 Å². The van der Waals surface area contributed by atoms with Crippen molar-refractivity contribution in [2.75, 3.05) is 18.1 Å². The van der Waals surface area contributed by atoms with Crippen LogP contribution < -0.4 is 9.47 Å². The van der Waals surface area contributed by atoms with E-state index < -0.39 is 4.27 Å². The normalized spacial score (nSPS) is 24.8. The molecule has 0 aromatic heterocycles. The zero-order valence-corrected chi connectivity index (χ0v) is 24.1. The molecule has 3 aliphatic rings. The van der Waals surface area contributed by atoms with Gasteiger partial charge in [0, 0.05) is 5.92 Å². The predicted octanol–water partition coefficient (Wildman–Crippen LogP) is 9.57. The number of hydrogen-bond acceptors (Lipinski definition) is 4. The maximum absolute atomic E-state index is 15.5. The SMILES string of the molecule is CC.CCCCOc1ccc2c(c1F)OC1(SCCCS1)C(c1ccc(C3CCC(C)CC3)cc1)C2. The molecule has 2 fully saturated rings. The molecule has 5 heteroatoms. The molecule has 1 spiro atoms.